The number of carboxylic acids is 1. The van der Waals surface area contributed by atoms with Gasteiger partial charge in [-0.15, -0.1) is 10.2 Å². The lowest BCUT2D eigenvalue weighted by molar-refractivity contribution is -0.133. The highest BCUT2D eigenvalue weighted by Gasteiger charge is 2.13. The first-order valence-corrected chi connectivity index (χ1v) is 6.43. The first kappa shape index (κ1) is 14.3. The lowest BCUT2D eigenvalue weighted by Crippen LogP contribution is -2.08. The molecule has 0 radical (unpaired) electrons. The van der Waals surface area contributed by atoms with Crippen molar-refractivity contribution < 1.29 is 18.7 Å². The molecule has 6 nitrogen and oxygen atoms in total. The highest BCUT2D eigenvalue weighted by Crippen LogP contribution is 2.20. The van der Waals surface area contributed by atoms with Gasteiger partial charge in [0.05, 0.1) is 12.3 Å². The molecule has 9 heteroatoms. The molecule has 0 amide bonds. The minimum atomic E-state index is -1.00. The van der Waals surface area contributed by atoms with Crippen LogP contribution in [0.1, 0.15) is 5.56 Å². The average Bonchev–Trinajstić information content (AvgIpc) is 2.73. The number of anilines is 1. The molecule has 0 atom stereocenters. The molecule has 2 aromatic rings. The highest BCUT2D eigenvalue weighted by atomic mass is 32.2. The Balaban J connectivity index is 2.21. The smallest absolute Gasteiger partial charge is 0.313 e. The van der Waals surface area contributed by atoms with Gasteiger partial charge in [0.15, 0.2) is 16.8 Å². The number of benzene rings is 1. The quantitative estimate of drug-likeness (QED) is 0.810. The zero-order valence-corrected chi connectivity index (χ0v) is 10.9. The molecule has 0 saturated carbocycles. The Bertz CT molecular complexity index is 647. The summed E-state index contributed by atoms with van der Waals surface area (Å²) in [5, 5.41) is 16.3. The van der Waals surface area contributed by atoms with E-state index in [2.05, 4.69) is 10.2 Å². The summed E-state index contributed by atoms with van der Waals surface area (Å²) >= 11 is 0.945. The molecule has 0 spiro atoms. The minimum Gasteiger partial charge on any atom is -0.481 e. The monoisotopic (exact) mass is 300 g/mol. The number of aliphatic carboxylic acids is 1. The van der Waals surface area contributed by atoms with Gasteiger partial charge >= 0.3 is 5.97 Å². The number of carbonyl (C=O) groups is 1. The van der Waals surface area contributed by atoms with E-state index in [4.69, 9.17) is 10.8 Å². The van der Waals surface area contributed by atoms with Crippen LogP contribution in [0.4, 0.5) is 14.7 Å². The molecule has 3 N–H and O–H groups in total. The molecule has 0 unspecified atom stereocenters. The second-order valence-corrected chi connectivity index (χ2v) is 4.80. The summed E-state index contributed by atoms with van der Waals surface area (Å²) in [6, 6.07) is 3.46. The number of hydrogen-bond acceptors (Lipinski definition) is 5. The molecule has 0 bridgehead atoms. The summed E-state index contributed by atoms with van der Waals surface area (Å²) in [6.45, 7) is 0.123. The van der Waals surface area contributed by atoms with Crippen LogP contribution >= 0.6 is 11.8 Å². The Labute approximate surface area is 116 Å². The maximum absolute atomic E-state index is 13.1. The number of aromatic nitrogens is 3. The van der Waals surface area contributed by atoms with Crippen LogP contribution in [0.2, 0.25) is 0 Å². The Morgan fingerprint density at radius 3 is 2.75 bits per heavy atom. The summed E-state index contributed by atoms with van der Waals surface area (Å²) in [5.74, 6) is -3.03. The standard InChI is InChI=1S/C11H10F2N4O2S/c12-7-2-1-6(3-8(7)13)4-17-10(14)15-16-11(17)20-5-9(18)19/h1-3H,4-5H2,(H2,14,15)(H,18,19). The number of nitrogen functional groups attached to an aromatic ring is 1. The molecule has 20 heavy (non-hydrogen) atoms. The van der Waals surface area contributed by atoms with Crippen molar-refractivity contribution in [3.05, 3.63) is 35.4 Å². The van der Waals surface area contributed by atoms with Crippen molar-refractivity contribution in [1.82, 2.24) is 14.8 Å². The van der Waals surface area contributed by atoms with Gasteiger partial charge in [0, 0.05) is 0 Å². The van der Waals surface area contributed by atoms with Crippen LogP contribution in [-0.4, -0.2) is 31.6 Å². The van der Waals surface area contributed by atoms with Crippen LogP contribution in [0.5, 0.6) is 0 Å². The Hall–Kier alpha value is -2.16. The van der Waals surface area contributed by atoms with Crippen molar-refractivity contribution in [2.75, 3.05) is 11.5 Å². The lowest BCUT2D eigenvalue weighted by atomic mass is 10.2. The van der Waals surface area contributed by atoms with E-state index in [1.54, 1.807) is 0 Å². The van der Waals surface area contributed by atoms with Gasteiger partial charge in [-0.2, -0.15) is 0 Å². The molecule has 0 aliphatic rings. The SMILES string of the molecule is Nc1nnc(SCC(=O)O)n1Cc1ccc(F)c(F)c1. The third kappa shape index (κ3) is 3.23. The molecular weight excluding hydrogens is 290 g/mol. The third-order valence-corrected chi connectivity index (χ3v) is 3.35. The molecule has 106 valence electrons. The van der Waals surface area contributed by atoms with E-state index >= 15 is 0 Å². The summed E-state index contributed by atoms with van der Waals surface area (Å²) in [6.07, 6.45) is 0. The fourth-order valence-corrected chi connectivity index (χ4v) is 2.17. The Morgan fingerprint density at radius 1 is 1.35 bits per heavy atom. The van der Waals surface area contributed by atoms with Gasteiger partial charge in [-0.3, -0.25) is 9.36 Å². The molecular formula is C11H10F2N4O2S. The molecule has 1 aromatic heterocycles. The van der Waals surface area contributed by atoms with Crippen molar-refractivity contribution in [2.24, 2.45) is 0 Å². The molecule has 0 aliphatic heterocycles. The van der Waals surface area contributed by atoms with Gasteiger partial charge in [0.1, 0.15) is 0 Å². The lowest BCUT2D eigenvalue weighted by Gasteiger charge is -2.07. The van der Waals surface area contributed by atoms with Crippen LogP contribution in [0, 0.1) is 11.6 Å². The molecule has 0 saturated heterocycles. The van der Waals surface area contributed by atoms with Gasteiger partial charge in [-0.25, -0.2) is 8.78 Å². The number of rotatable bonds is 5. The molecule has 2 rings (SSSR count). The third-order valence-electron chi connectivity index (χ3n) is 2.39. The topological polar surface area (TPSA) is 94.0 Å². The van der Waals surface area contributed by atoms with E-state index in [9.17, 15) is 13.6 Å². The van der Waals surface area contributed by atoms with E-state index in [-0.39, 0.29) is 18.2 Å². The number of nitrogens with zero attached hydrogens (tertiary/aromatic N) is 3. The van der Waals surface area contributed by atoms with E-state index in [0.29, 0.717) is 10.7 Å². The number of nitrogens with two attached hydrogens (primary N) is 1. The zero-order valence-electron chi connectivity index (χ0n) is 10.1. The normalized spacial score (nSPS) is 10.7. The molecule has 1 aromatic carbocycles. The summed E-state index contributed by atoms with van der Waals surface area (Å²) in [7, 11) is 0. The second kappa shape index (κ2) is 5.87. The predicted molar refractivity (Wildman–Crippen MR) is 68.3 cm³/mol. The van der Waals surface area contributed by atoms with Crippen molar-refractivity contribution >= 4 is 23.7 Å². The highest BCUT2D eigenvalue weighted by molar-refractivity contribution is 7.99. The predicted octanol–water partition coefficient (Wildman–Crippen LogP) is 1.36. The van der Waals surface area contributed by atoms with E-state index in [1.807, 2.05) is 0 Å². The van der Waals surface area contributed by atoms with Crippen molar-refractivity contribution in [2.45, 2.75) is 11.7 Å². The maximum atomic E-state index is 13.1. The van der Waals surface area contributed by atoms with Crippen LogP contribution in [-0.2, 0) is 11.3 Å². The first-order valence-electron chi connectivity index (χ1n) is 5.44. The van der Waals surface area contributed by atoms with Crippen LogP contribution in [0.25, 0.3) is 0 Å². The number of carboxylic acid groups (broad SMARTS) is 1. The second-order valence-electron chi connectivity index (χ2n) is 3.86. The minimum absolute atomic E-state index is 0.0719. The Kier molecular flexibility index (Phi) is 4.18. The van der Waals surface area contributed by atoms with Crippen LogP contribution < -0.4 is 5.73 Å². The van der Waals surface area contributed by atoms with E-state index in [0.717, 1.165) is 23.9 Å². The van der Waals surface area contributed by atoms with Gasteiger partial charge < -0.3 is 10.8 Å². The van der Waals surface area contributed by atoms with Gasteiger partial charge in [0.25, 0.3) is 0 Å². The Morgan fingerprint density at radius 2 is 2.10 bits per heavy atom. The average molecular weight is 300 g/mol. The molecule has 0 aliphatic carbocycles. The van der Waals surface area contributed by atoms with Gasteiger partial charge in [0.2, 0.25) is 5.95 Å². The molecule has 0 fully saturated rings. The van der Waals surface area contributed by atoms with Crippen molar-refractivity contribution in [1.29, 1.82) is 0 Å². The number of thioether (sulfide) groups is 1. The summed E-state index contributed by atoms with van der Waals surface area (Å²) < 4.78 is 27.4. The number of halogens is 2. The van der Waals surface area contributed by atoms with Crippen LogP contribution in [0.3, 0.4) is 0 Å². The fraction of sp³-hybridized carbons (Fsp3) is 0.182. The fourth-order valence-electron chi connectivity index (χ4n) is 1.50. The summed E-state index contributed by atoms with van der Waals surface area (Å²) in [5.41, 5.74) is 6.09. The zero-order chi connectivity index (χ0) is 14.7. The molecule has 1 heterocycles. The largest absolute Gasteiger partial charge is 0.481 e. The number of hydrogen-bond donors (Lipinski definition) is 2. The maximum Gasteiger partial charge on any atom is 0.313 e. The first-order chi connectivity index (χ1) is 9.47. The van der Waals surface area contributed by atoms with Gasteiger partial charge in [-0.05, 0) is 17.7 Å². The van der Waals surface area contributed by atoms with Crippen molar-refractivity contribution in [3.63, 3.8) is 0 Å². The van der Waals surface area contributed by atoms with E-state index in [1.165, 1.54) is 10.6 Å². The van der Waals surface area contributed by atoms with Gasteiger partial charge in [-0.1, -0.05) is 17.8 Å². The van der Waals surface area contributed by atoms with Crippen molar-refractivity contribution in [3.8, 4) is 0 Å². The van der Waals surface area contributed by atoms with E-state index < -0.39 is 17.6 Å². The van der Waals surface area contributed by atoms with Crippen LogP contribution in [0.15, 0.2) is 23.4 Å². The summed E-state index contributed by atoms with van der Waals surface area (Å²) in [4.78, 5) is 10.5.